The van der Waals surface area contributed by atoms with Gasteiger partial charge in [-0.15, -0.1) is 11.3 Å². The molecule has 0 amide bonds. The van der Waals surface area contributed by atoms with Gasteiger partial charge < -0.3 is 5.11 Å². The van der Waals surface area contributed by atoms with Gasteiger partial charge in [0.25, 0.3) is 0 Å². The summed E-state index contributed by atoms with van der Waals surface area (Å²) in [6.45, 7) is 4.15. The highest BCUT2D eigenvalue weighted by Gasteiger charge is 2.29. The van der Waals surface area contributed by atoms with Crippen molar-refractivity contribution in [3.8, 4) is 0 Å². The fourth-order valence-corrected chi connectivity index (χ4v) is 2.30. The van der Waals surface area contributed by atoms with Crippen LogP contribution in [0.1, 0.15) is 25.8 Å². The highest BCUT2D eigenvalue weighted by atomic mass is 79.9. The van der Waals surface area contributed by atoms with Crippen molar-refractivity contribution in [2.24, 2.45) is 0 Å². The normalized spacial score (nSPS) is 14.9. The molecule has 1 rings (SSSR count). The maximum atomic E-state index is 11.0. The van der Waals surface area contributed by atoms with Crippen LogP contribution in [0.25, 0.3) is 0 Å². The van der Waals surface area contributed by atoms with Crippen LogP contribution in [0.4, 0.5) is 0 Å². The first-order chi connectivity index (χ1) is 6.98. The van der Waals surface area contributed by atoms with E-state index in [9.17, 15) is 4.79 Å². The third-order valence-electron chi connectivity index (χ3n) is 2.48. The summed E-state index contributed by atoms with van der Waals surface area (Å²) in [4.78, 5) is 11.0. The zero-order valence-corrected chi connectivity index (χ0v) is 11.1. The standard InChI is InChI=1S/C10H14BrNO2S/c1-3-10(2,9(13)14)12-5-7-4-8(11)15-6-7/h4,6,12H,3,5H2,1-2H3,(H,13,14). The Balaban J connectivity index is 2.59. The molecule has 15 heavy (non-hydrogen) atoms. The molecule has 0 aliphatic rings. The number of hydrogen-bond acceptors (Lipinski definition) is 3. The highest BCUT2D eigenvalue weighted by Crippen LogP contribution is 2.21. The smallest absolute Gasteiger partial charge is 0.323 e. The molecule has 0 spiro atoms. The molecule has 1 aromatic heterocycles. The van der Waals surface area contributed by atoms with Gasteiger partial charge in [0.2, 0.25) is 0 Å². The van der Waals surface area contributed by atoms with Crippen LogP contribution in [0.5, 0.6) is 0 Å². The van der Waals surface area contributed by atoms with Gasteiger partial charge in [-0.1, -0.05) is 6.92 Å². The van der Waals surface area contributed by atoms with Gasteiger partial charge in [0.05, 0.1) is 3.79 Å². The topological polar surface area (TPSA) is 49.3 Å². The van der Waals surface area contributed by atoms with Crippen LogP contribution in [0, 0.1) is 0 Å². The molecule has 1 atom stereocenters. The van der Waals surface area contributed by atoms with E-state index in [4.69, 9.17) is 5.11 Å². The van der Waals surface area contributed by atoms with Crippen LogP contribution in [0.15, 0.2) is 15.2 Å². The Bertz CT molecular complexity index is 353. The van der Waals surface area contributed by atoms with E-state index in [1.807, 2.05) is 18.4 Å². The van der Waals surface area contributed by atoms with E-state index in [0.717, 1.165) is 9.35 Å². The van der Waals surface area contributed by atoms with Crippen LogP contribution in [0.3, 0.4) is 0 Å². The number of carboxylic acids is 1. The maximum Gasteiger partial charge on any atom is 0.323 e. The molecule has 0 aliphatic carbocycles. The van der Waals surface area contributed by atoms with Gasteiger partial charge in [-0.3, -0.25) is 10.1 Å². The molecule has 1 aromatic rings. The first-order valence-electron chi connectivity index (χ1n) is 4.69. The van der Waals surface area contributed by atoms with Crippen molar-refractivity contribution in [3.63, 3.8) is 0 Å². The number of aliphatic carboxylic acids is 1. The van der Waals surface area contributed by atoms with Gasteiger partial charge in [0.1, 0.15) is 5.54 Å². The van der Waals surface area contributed by atoms with Crippen LogP contribution in [-0.4, -0.2) is 16.6 Å². The quantitative estimate of drug-likeness (QED) is 0.877. The number of rotatable bonds is 5. The van der Waals surface area contributed by atoms with Crippen molar-refractivity contribution in [2.45, 2.75) is 32.4 Å². The van der Waals surface area contributed by atoms with E-state index in [0.29, 0.717) is 13.0 Å². The van der Waals surface area contributed by atoms with Crippen molar-refractivity contribution >= 4 is 33.2 Å². The van der Waals surface area contributed by atoms with Gasteiger partial charge in [-0.25, -0.2) is 0 Å². The third-order valence-corrected chi connectivity index (χ3v) is 4.04. The summed E-state index contributed by atoms with van der Waals surface area (Å²) in [5, 5.41) is 14.1. The second-order valence-corrected chi connectivity index (χ2v) is 5.89. The van der Waals surface area contributed by atoms with E-state index in [-0.39, 0.29) is 0 Å². The molecule has 0 aliphatic heterocycles. The molecular weight excluding hydrogens is 278 g/mol. The average Bonchev–Trinajstić information content (AvgIpc) is 2.60. The van der Waals surface area contributed by atoms with Crippen LogP contribution >= 0.6 is 27.3 Å². The summed E-state index contributed by atoms with van der Waals surface area (Å²) in [6, 6.07) is 2.00. The average molecular weight is 292 g/mol. The van der Waals surface area contributed by atoms with E-state index in [1.54, 1.807) is 18.3 Å². The third kappa shape index (κ3) is 3.29. The van der Waals surface area contributed by atoms with Crippen molar-refractivity contribution in [2.75, 3.05) is 0 Å². The minimum atomic E-state index is -0.839. The molecule has 0 saturated carbocycles. The van der Waals surface area contributed by atoms with Crippen LogP contribution in [0.2, 0.25) is 0 Å². The molecule has 0 radical (unpaired) electrons. The molecule has 3 nitrogen and oxygen atoms in total. The number of halogens is 1. The lowest BCUT2D eigenvalue weighted by molar-refractivity contribution is -0.144. The van der Waals surface area contributed by atoms with E-state index in [2.05, 4.69) is 21.2 Å². The molecule has 2 N–H and O–H groups in total. The molecule has 0 aromatic carbocycles. The Hall–Kier alpha value is -0.390. The molecule has 1 heterocycles. The predicted octanol–water partition coefficient (Wildman–Crippen LogP) is 2.85. The second-order valence-electron chi connectivity index (χ2n) is 3.60. The maximum absolute atomic E-state index is 11.0. The summed E-state index contributed by atoms with van der Waals surface area (Å²) in [6.07, 6.45) is 0.563. The lowest BCUT2D eigenvalue weighted by Gasteiger charge is -2.24. The van der Waals surface area contributed by atoms with Gasteiger partial charge in [0.15, 0.2) is 0 Å². The zero-order valence-electron chi connectivity index (χ0n) is 8.71. The molecule has 0 bridgehead atoms. The SMILES string of the molecule is CCC(C)(NCc1csc(Br)c1)C(=O)O. The van der Waals surface area contributed by atoms with E-state index in [1.165, 1.54) is 0 Å². The molecule has 0 fully saturated rings. The minimum absolute atomic E-state index is 0.563. The van der Waals surface area contributed by atoms with Gasteiger partial charge in [0, 0.05) is 6.54 Å². The van der Waals surface area contributed by atoms with E-state index < -0.39 is 11.5 Å². The lowest BCUT2D eigenvalue weighted by atomic mass is 9.99. The van der Waals surface area contributed by atoms with Gasteiger partial charge in [-0.05, 0) is 46.3 Å². The molecule has 84 valence electrons. The Morgan fingerprint density at radius 1 is 1.73 bits per heavy atom. The number of hydrogen-bond donors (Lipinski definition) is 2. The second kappa shape index (κ2) is 5.09. The summed E-state index contributed by atoms with van der Waals surface area (Å²) >= 11 is 4.97. The Kier molecular flexibility index (Phi) is 4.31. The zero-order chi connectivity index (χ0) is 11.5. The van der Waals surface area contributed by atoms with Crippen molar-refractivity contribution < 1.29 is 9.90 Å². The van der Waals surface area contributed by atoms with Gasteiger partial charge in [-0.2, -0.15) is 0 Å². The molecule has 1 unspecified atom stereocenters. The van der Waals surface area contributed by atoms with Gasteiger partial charge >= 0.3 is 5.97 Å². The van der Waals surface area contributed by atoms with Crippen LogP contribution < -0.4 is 5.32 Å². The first-order valence-corrected chi connectivity index (χ1v) is 6.36. The van der Waals surface area contributed by atoms with Crippen LogP contribution in [-0.2, 0) is 11.3 Å². The molecular formula is C10H14BrNO2S. The largest absolute Gasteiger partial charge is 0.480 e. The summed E-state index contributed by atoms with van der Waals surface area (Å²) < 4.78 is 1.06. The van der Waals surface area contributed by atoms with E-state index >= 15 is 0 Å². The Morgan fingerprint density at radius 3 is 2.80 bits per heavy atom. The summed E-state index contributed by atoms with van der Waals surface area (Å²) in [7, 11) is 0. The summed E-state index contributed by atoms with van der Waals surface area (Å²) in [5.74, 6) is -0.806. The number of thiophene rings is 1. The molecule has 5 heteroatoms. The fraction of sp³-hybridized carbons (Fsp3) is 0.500. The first kappa shape index (κ1) is 12.7. The minimum Gasteiger partial charge on any atom is -0.480 e. The Morgan fingerprint density at radius 2 is 2.40 bits per heavy atom. The van der Waals surface area contributed by atoms with Crippen molar-refractivity contribution in [1.29, 1.82) is 0 Å². The van der Waals surface area contributed by atoms with Crippen molar-refractivity contribution in [1.82, 2.24) is 5.32 Å². The fourth-order valence-electron chi connectivity index (χ4n) is 1.09. The predicted molar refractivity (Wildman–Crippen MR) is 65.2 cm³/mol. The summed E-state index contributed by atoms with van der Waals surface area (Å²) in [5.41, 5.74) is 0.266. The lowest BCUT2D eigenvalue weighted by Crippen LogP contribution is -2.48. The highest BCUT2D eigenvalue weighted by molar-refractivity contribution is 9.11. The number of nitrogens with one attached hydrogen (secondary N) is 1. The monoisotopic (exact) mass is 291 g/mol. The van der Waals surface area contributed by atoms with Crippen molar-refractivity contribution in [3.05, 3.63) is 20.8 Å². The molecule has 0 saturated heterocycles. The number of carboxylic acid groups (broad SMARTS) is 1. The number of carbonyl (C=O) groups is 1. The Labute approximate surface area is 102 Å².